The van der Waals surface area contributed by atoms with Crippen LogP contribution in [0, 0.1) is 37.9 Å². The largest absolute Gasteiger partial charge is 0.379 e. The molecule has 0 saturated heterocycles. The van der Waals surface area contributed by atoms with E-state index in [0.717, 1.165) is 116 Å². The van der Waals surface area contributed by atoms with Crippen LogP contribution >= 0.6 is 34.2 Å². The third kappa shape index (κ3) is 65.1. The molecular formula is C101H164ClIN4O30S3. The van der Waals surface area contributed by atoms with E-state index in [1.54, 1.807) is 20.8 Å². The number of imide groups is 4. The van der Waals surface area contributed by atoms with Gasteiger partial charge >= 0.3 is 0 Å². The van der Waals surface area contributed by atoms with Crippen LogP contribution in [0.4, 0.5) is 0 Å². The monoisotopic (exact) mass is 2170 g/mol. The number of ketones is 10. The number of amides is 8. The minimum atomic E-state index is -4.59. The van der Waals surface area contributed by atoms with Crippen LogP contribution in [0.5, 0.6) is 0 Å². The van der Waals surface area contributed by atoms with Crippen molar-refractivity contribution in [2.75, 3.05) is 95.1 Å². The fourth-order valence-electron chi connectivity index (χ4n) is 12.4. The molecule has 800 valence electrons. The molecule has 34 nitrogen and oxygen atoms in total. The van der Waals surface area contributed by atoms with Crippen LogP contribution in [0.3, 0.4) is 0 Å². The van der Waals surface area contributed by atoms with Gasteiger partial charge in [-0.1, -0.05) is 213 Å². The maximum absolute atomic E-state index is 12.1. The molecule has 0 aromatic heterocycles. The molecule has 8 amide bonds. The number of rotatable bonds is 60. The van der Waals surface area contributed by atoms with E-state index in [2.05, 4.69) is 29.2 Å². The Morgan fingerprint density at radius 3 is 0.871 bits per heavy atom. The number of carbonyl (C=O) groups is 18. The van der Waals surface area contributed by atoms with E-state index < -0.39 is 86.6 Å². The number of hydrogen-bond donors (Lipinski definition) is 2. The van der Waals surface area contributed by atoms with E-state index in [1.807, 2.05) is 104 Å². The second-order valence-electron chi connectivity index (χ2n) is 41.5. The lowest BCUT2D eigenvalue weighted by molar-refractivity contribution is -0.138. The van der Waals surface area contributed by atoms with Gasteiger partial charge in [-0.3, -0.25) is 115 Å². The molecule has 0 saturated carbocycles. The number of sulfone groups is 1. The lowest BCUT2D eigenvalue weighted by Gasteiger charge is -2.24. The first kappa shape index (κ1) is 137. The second-order valence-corrected chi connectivity index (χ2v) is 47.7. The van der Waals surface area contributed by atoms with Crippen LogP contribution in [0.25, 0.3) is 0 Å². The smallest absolute Gasteiger partial charge is 0.275 e. The Morgan fingerprint density at radius 1 is 0.314 bits per heavy atom. The zero-order valence-electron chi connectivity index (χ0n) is 87.1. The Hall–Kier alpha value is -7.41. The summed E-state index contributed by atoms with van der Waals surface area (Å²) in [6, 6.07) is 0. The van der Waals surface area contributed by atoms with Gasteiger partial charge < -0.3 is 18.9 Å². The summed E-state index contributed by atoms with van der Waals surface area (Å²) < 4.78 is 108. The van der Waals surface area contributed by atoms with Gasteiger partial charge in [-0.25, -0.2) is 8.42 Å². The Kier molecular flexibility index (Phi) is 67.2. The molecule has 4 heterocycles. The number of carbonyl (C=O) groups excluding carboxylic acids is 18. The van der Waals surface area contributed by atoms with Crippen molar-refractivity contribution < 1.29 is 140 Å². The topological polar surface area (TPSA) is 500 Å². The zero-order chi connectivity index (χ0) is 108. The first-order chi connectivity index (χ1) is 64.4. The number of unbranched alkanes of at least 4 members (excludes halogenated alkanes) is 11. The van der Waals surface area contributed by atoms with Crippen molar-refractivity contribution in [3.8, 4) is 0 Å². The molecule has 0 spiro atoms. The van der Waals surface area contributed by atoms with E-state index in [9.17, 15) is 116 Å². The number of ether oxygens (including phenoxy) is 4. The van der Waals surface area contributed by atoms with Gasteiger partial charge in [-0.15, -0.1) is 11.6 Å². The van der Waals surface area contributed by atoms with Gasteiger partial charge in [0.1, 0.15) is 56.8 Å². The molecule has 2 N–H and O–H groups in total. The van der Waals surface area contributed by atoms with Crippen LogP contribution in [-0.4, -0.2) is 265 Å². The summed E-state index contributed by atoms with van der Waals surface area (Å²) in [5, 5.41) is -2.13. The molecule has 4 aliphatic heterocycles. The molecule has 0 fully saturated rings. The van der Waals surface area contributed by atoms with Crippen molar-refractivity contribution in [3.05, 3.63) is 60.6 Å². The lowest BCUT2D eigenvalue weighted by Crippen LogP contribution is -2.41. The van der Waals surface area contributed by atoms with Crippen molar-refractivity contribution in [3.63, 3.8) is 0 Å². The summed E-state index contributed by atoms with van der Waals surface area (Å²) in [6.45, 7) is 45.5. The zero-order valence-corrected chi connectivity index (χ0v) is 92.4. The van der Waals surface area contributed by atoms with Crippen molar-refractivity contribution in [1.82, 2.24) is 19.6 Å². The number of hydrogen-bond acceptors (Lipinski definition) is 28. The van der Waals surface area contributed by atoms with Crippen LogP contribution in [0.2, 0.25) is 0 Å². The quantitative estimate of drug-likeness (QED) is 0.0188. The molecule has 4 aliphatic rings. The molecule has 4 rings (SSSR count). The van der Waals surface area contributed by atoms with Gasteiger partial charge in [-0.05, 0) is 83.5 Å². The normalized spacial score (nSPS) is 14.5. The average molecular weight is 2170 g/mol. The Balaban J connectivity index is -0.00000159. The SMILES string of the molecule is C=CS(=O)(=O)CCCCCC(=O)C(C)(C)C.CC(C)(C)C(=O)C(CCCCN1C(=O)C=CC1=O)S(=O)(=O)O.CC(C)(C)C(=O)C(CCN1C(=O)C=CC1=O)S(=O)(=O)O.CC(C)(C)C(=O)CCCCCCC(=O)CCl.CC(C)(C)C(=O)CCCCCCC(=O)CI.CC(C)(C)C(=O)CCCCCN1C(=O)C=CC1=O.CC(C)(C)C(=O)CCOCCOCCOCCOCCCC(=O)CCN1C(=O)C=CC1=O. The summed E-state index contributed by atoms with van der Waals surface area (Å²) in [4.78, 5) is 211. The third-order valence-electron chi connectivity index (χ3n) is 21.6. The molecule has 0 radical (unpaired) electrons. The van der Waals surface area contributed by atoms with E-state index >= 15 is 0 Å². The van der Waals surface area contributed by atoms with Crippen LogP contribution in [-0.2, 0) is 135 Å². The molecule has 0 aromatic carbocycles. The molecule has 2 unspecified atom stereocenters. The summed E-state index contributed by atoms with van der Waals surface area (Å²) in [7, 11) is -12.1. The average Bonchev–Trinajstić information content (AvgIpc) is 0.955. The van der Waals surface area contributed by atoms with Gasteiger partial charge in [0.2, 0.25) is 0 Å². The maximum atomic E-state index is 12.1. The summed E-state index contributed by atoms with van der Waals surface area (Å²) in [6.07, 6.45) is 27.6. The maximum Gasteiger partial charge on any atom is 0.275 e. The third-order valence-corrected chi connectivity index (χ3v) is 26.5. The molecule has 2 atom stereocenters. The van der Waals surface area contributed by atoms with Gasteiger partial charge in [0.05, 0.1) is 62.3 Å². The van der Waals surface area contributed by atoms with E-state index in [4.69, 9.17) is 35.1 Å². The van der Waals surface area contributed by atoms with Crippen LogP contribution < -0.4 is 0 Å². The van der Waals surface area contributed by atoms with E-state index in [-0.39, 0.29) is 130 Å². The molecular weight excluding hydrogens is 2010 g/mol. The van der Waals surface area contributed by atoms with Crippen LogP contribution in [0.15, 0.2) is 60.6 Å². The van der Waals surface area contributed by atoms with Crippen molar-refractivity contribution in [2.45, 2.75) is 336 Å². The number of nitrogens with zero attached hydrogens (tertiary/aromatic N) is 4. The molecule has 0 bridgehead atoms. The molecule has 140 heavy (non-hydrogen) atoms. The minimum Gasteiger partial charge on any atom is -0.379 e. The van der Waals surface area contributed by atoms with Crippen molar-refractivity contribution >= 4 is 169 Å². The predicted octanol–water partition coefficient (Wildman–Crippen LogP) is 15.4. The predicted molar refractivity (Wildman–Crippen MR) is 547 cm³/mol. The Morgan fingerprint density at radius 2 is 0.571 bits per heavy atom. The molecule has 39 heteroatoms. The van der Waals surface area contributed by atoms with Gasteiger partial charge in [0.15, 0.2) is 21.4 Å². The Bertz CT molecular complexity index is 4420. The lowest BCUT2D eigenvalue weighted by atomic mass is 9.87. The minimum absolute atomic E-state index is 0.000667. The van der Waals surface area contributed by atoms with Crippen molar-refractivity contribution in [2.24, 2.45) is 37.9 Å². The number of alkyl halides is 2. The van der Waals surface area contributed by atoms with Gasteiger partial charge in [-0.2, -0.15) is 16.8 Å². The summed E-state index contributed by atoms with van der Waals surface area (Å²) in [5.41, 5.74) is -3.14. The fourth-order valence-corrected chi connectivity index (χ4v) is 15.8. The van der Waals surface area contributed by atoms with Gasteiger partial charge in [0.25, 0.3) is 67.5 Å². The van der Waals surface area contributed by atoms with Crippen molar-refractivity contribution in [1.29, 1.82) is 0 Å². The first-order valence-corrected chi connectivity index (χ1v) is 54.8. The second kappa shape index (κ2) is 68.8. The first-order valence-electron chi connectivity index (χ1n) is 48.0. The highest BCUT2D eigenvalue weighted by molar-refractivity contribution is 14.1. The highest BCUT2D eigenvalue weighted by Gasteiger charge is 2.41. The standard InChI is InChI=1S/C23H37NO8.C14H21NO6S.C14H21NO3.C13H23ClO2.C13H23IO2.C12H17NO6S.C12H22O3S/c1-23(2,3)20(26)9-12-30-14-16-32-18-17-31-15-13-29-11-4-5-19(25)8-10-24-21(27)6-7-22(24)28;1-14(2,3)13(18)10(22(19,20)21)6-4-5-9-15-11(16)7-8-12(15)17;1-14(2,3)11(16)7-5-4-6-10-15-12(17)8-9-13(15)18;2*1-13(2,3)12(16)9-7-5-4-6-8-11(15)10-14;1-12(2,3)11(16)8(20(17,18)19)6-7-13-9(14)4-5-10(13)15;1-5-16(14,15)10-8-6-7-9-11(13)12(2,3)4/h6-7H,4-5,8-18H2,1-3H3;7-8,10H,4-6,9H2,1-3H3,(H,19,20,21);8-9H,4-7,10H2,1-3H3;2*4-10H2,1-3H3;4-5,8H,6-7H2,1-3H3,(H,17,18,19);5H,1,6-10H2,2-4H3. The van der Waals surface area contributed by atoms with Gasteiger partial charge in [0, 0.05) is 182 Å². The fraction of sp³-hybridized carbons (Fsp3) is 0.723. The Labute approximate surface area is 852 Å². The highest BCUT2D eigenvalue weighted by atomic mass is 127. The number of halogens is 2. The van der Waals surface area contributed by atoms with E-state index in [0.29, 0.717) is 158 Å². The highest BCUT2D eigenvalue weighted by Crippen LogP contribution is 2.28. The van der Waals surface area contributed by atoms with E-state index in [1.165, 1.54) is 62.1 Å². The summed E-state index contributed by atoms with van der Waals surface area (Å²) >= 11 is 7.49. The number of Topliss-reactive ketones (excluding diaryl/α,β-unsaturated/α-hetero) is 10. The molecule has 0 aliphatic carbocycles. The molecule has 0 aromatic rings. The van der Waals surface area contributed by atoms with Crippen LogP contribution in [0.1, 0.15) is 325 Å². The summed E-state index contributed by atoms with van der Waals surface area (Å²) in [5.74, 6) is -2.26.